The zero-order valence-corrected chi connectivity index (χ0v) is 16.6. The molecule has 2 atom stereocenters. The highest BCUT2D eigenvalue weighted by Gasteiger charge is 2.39. The van der Waals surface area contributed by atoms with Gasteiger partial charge in [0.15, 0.2) is 11.6 Å². The number of nitrogens with one attached hydrogen (secondary N) is 1. The Morgan fingerprint density at radius 1 is 1.29 bits per heavy atom. The lowest BCUT2D eigenvalue weighted by molar-refractivity contribution is -0.137. The molecule has 0 bridgehead atoms. The van der Waals surface area contributed by atoms with Crippen LogP contribution in [-0.4, -0.2) is 28.7 Å². The first kappa shape index (κ1) is 22.4. The smallest absolute Gasteiger partial charge is 0.416 e. The molecule has 0 spiro atoms. The summed E-state index contributed by atoms with van der Waals surface area (Å²) in [7, 11) is 0. The first-order chi connectivity index (χ1) is 14.5. The largest absolute Gasteiger partial charge is 0.447 e. The molecule has 0 aliphatic carbocycles. The monoisotopic (exact) mass is 442 g/mol. The van der Waals surface area contributed by atoms with Gasteiger partial charge in [-0.3, -0.25) is 4.90 Å². The van der Waals surface area contributed by atoms with Gasteiger partial charge in [0.25, 0.3) is 0 Å². The summed E-state index contributed by atoms with van der Waals surface area (Å²) in [6.45, 7) is 7.27. The minimum Gasteiger partial charge on any atom is -0.447 e. The lowest BCUT2D eigenvalue weighted by Gasteiger charge is -2.24. The number of amides is 1. The number of cyclic esters (lactones) is 1. The summed E-state index contributed by atoms with van der Waals surface area (Å²) in [5.41, 5.74) is -1.28. The van der Waals surface area contributed by atoms with Gasteiger partial charge in [-0.1, -0.05) is 26.0 Å². The molecule has 0 saturated carbocycles. The minimum absolute atomic E-state index is 0.0561. The van der Waals surface area contributed by atoms with Gasteiger partial charge in [-0.15, -0.1) is 6.58 Å². The van der Waals surface area contributed by atoms with Crippen LogP contribution in [0.1, 0.15) is 31.0 Å². The molecule has 1 aromatic heterocycles. The van der Waals surface area contributed by atoms with Crippen molar-refractivity contribution < 1.29 is 31.5 Å². The van der Waals surface area contributed by atoms with Crippen molar-refractivity contribution in [3.8, 4) is 0 Å². The summed E-state index contributed by atoms with van der Waals surface area (Å²) in [6.07, 6.45) is -3.39. The number of halogens is 5. The lowest BCUT2D eigenvalue weighted by Crippen LogP contribution is -2.38. The van der Waals surface area contributed by atoms with Crippen LogP contribution < -0.4 is 10.2 Å². The lowest BCUT2D eigenvalue weighted by atomic mass is 10.0. The molecule has 1 saturated heterocycles. The predicted octanol–water partition coefficient (Wildman–Crippen LogP) is 5.09. The Kier molecular flexibility index (Phi) is 6.14. The third kappa shape index (κ3) is 4.59. The summed E-state index contributed by atoms with van der Waals surface area (Å²) in [6, 6.07) is 0.604. The van der Waals surface area contributed by atoms with Crippen molar-refractivity contribution in [1.29, 1.82) is 0 Å². The predicted molar refractivity (Wildman–Crippen MR) is 102 cm³/mol. The Balaban J connectivity index is 1.91. The van der Waals surface area contributed by atoms with Crippen LogP contribution in [0.15, 0.2) is 37.1 Å². The Hall–Kier alpha value is -3.24. The van der Waals surface area contributed by atoms with E-state index in [0.717, 1.165) is 23.2 Å². The summed E-state index contributed by atoms with van der Waals surface area (Å²) >= 11 is 0. The van der Waals surface area contributed by atoms with E-state index in [2.05, 4.69) is 21.9 Å². The molecule has 31 heavy (non-hydrogen) atoms. The van der Waals surface area contributed by atoms with Gasteiger partial charge in [-0.25, -0.2) is 18.6 Å². The van der Waals surface area contributed by atoms with E-state index in [4.69, 9.17) is 4.74 Å². The van der Waals surface area contributed by atoms with Crippen molar-refractivity contribution in [2.45, 2.75) is 32.1 Å². The van der Waals surface area contributed by atoms with E-state index in [1.807, 2.05) is 13.8 Å². The molecule has 1 aliphatic rings. The van der Waals surface area contributed by atoms with Gasteiger partial charge in [-0.2, -0.15) is 18.2 Å². The number of anilines is 2. The summed E-state index contributed by atoms with van der Waals surface area (Å²) < 4.78 is 72.1. The molecule has 1 N–H and O–H groups in total. The first-order valence-corrected chi connectivity index (χ1v) is 9.27. The number of carbonyl (C=O) groups excluding carboxylic acids is 1. The maximum Gasteiger partial charge on any atom is 0.416 e. The molecule has 1 aliphatic heterocycles. The van der Waals surface area contributed by atoms with Crippen LogP contribution in [0.25, 0.3) is 0 Å². The number of carbonyl (C=O) groups is 1. The topological polar surface area (TPSA) is 67.4 Å². The number of aromatic nitrogens is 2. The average Bonchev–Trinajstić information content (AvgIpc) is 3.08. The van der Waals surface area contributed by atoms with Crippen LogP contribution in [0.3, 0.4) is 0 Å². The van der Waals surface area contributed by atoms with E-state index in [1.54, 1.807) is 0 Å². The number of nitrogens with zero attached hydrogens (tertiary/aromatic N) is 3. The maximum absolute atomic E-state index is 14.4. The second-order valence-corrected chi connectivity index (χ2v) is 7.22. The van der Waals surface area contributed by atoms with Crippen molar-refractivity contribution in [3.05, 3.63) is 59.8 Å². The molecule has 0 unspecified atom stereocenters. The molecule has 2 aromatic rings. The highest BCUT2D eigenvalue weighted by Crippen LogP contribution is 2.33. The van der Waals surface area contributed by atoms with Crippen LogP contribution >= 0.6 is 0 Å². The van der Waals surface area contributed by atoms with Gasteiger partial charge < -0.3 is 10.1 Å². The molecule has 1 fully saturated rings. The number of alkyl halides is 3. The Morgan fingerprint density at radius 3 is 2.58 bits per heavy atom. The second kappa shape index (κ2) is 8.48. The number of hydrogen-bond acceptors (Lipinski definition) is 5. The van der Waals surface area contributed by atoms with E-state index in [9.17, 15) is 26.7 Å². The molecule has 11 heteroatoms. The number of hydrogen-bond donors (Lipinski definition) is 1. The Morgan fingerprint density at radius 2 is 2.00 bits per heavy atom. The zero-order valence-electron chi connectivity index (χ0n) is 16.6. The Labute approximate surface area is 174 Å². The van der Waals surface area contributed by atoms with Crippen LogP contribution in [0.4, 0.5) is 38.5 Å². The van der Waals surface area contributed by atoms with Crippen LogP contribution in [0.2, 0.25) is 0 Å². The molecule has 6 nitrogen and oxygen atoms in total. The summed E-state index contributed by atoms with van der Waals surface area (Å²) in [4.78, 5) is 21.0. The number of ether oxygens (including phenoxy) is 1. The van der Waals surface area contributed by atoms with Crippen molar-refractivity contribution in [3.63, 3.8) is 0 Å². The standard InChI is InChI=1S/C20H19F5N4O2/c1-4-15(12-6-5-11(7-13(12)21)20(23,24)25)27-18-26-8-14(22)17(28-18)29-16(10(2)3)9-31-19(29)30/h4-8,10,15-16H,1,9H2,2-3H3,(H,26,27,28)/t15-,16+/m0/s1. The molecule has 1 aromatic carbocycles. The van der Waals surface area contributed by atoms with Crippen LogP contribution in [0.5, 0.6) is 0 Å². The van der Waals surface area contributed by atoms with Gasteiger partial charge in [0.1, 0.15) is 12.4 Å². The summed E-state index contributed by atoms with van der Waals surface area (Å²) in [5.74, 6) is -2.54. The number of rotatable bonds is 6. The second-order valence-electron chi connectivity index (χ2n) is 7.22. The molecule has 0 radical (unpaired) electrons. The fourth-order valence-electron chi connectivity index (χ4n) is 3.13. The quantitative estimate of drug-likeness (QED) is 0.499. The summed E-state index contributed by atoms with van der Waals surface area (Å²) in [5, 5.41) is 2.69. The zero-order chi connectivity index (χ0) is 22.9. The third-order valence-electron chi connectivity index (χ3n) is 4.81. The molecule has 166 valence electrons. The van der Waals surface area contributed by atoms with E-state index in [1.165, 1.54) is 6.08 Å². The minimum atomic E-state index is -4.69. The van der Waals surface area contributed by atoms with Crippen LogP contribution in [0, 0.1) is 17.6 Å². The van der Waals surface area contributed by atoms with E-state index < -0.39 is 41.6 Å². The first-order valence-electron chi connectivity index (χ1n) is 9.27. The molecular weight excluding hydrogens is 423 g/mol. The van der Waals surface area contributed by atoms with Crippen molar-refractivity contribution in [2.75, 3.05) is 16.8 Å². The van der Waals surface area contributed by atoms with Gasteiger partial charge in [0, 0.05) is 5.56 Å². The van der Waals surface area contributed by atoms with E-state index >= 15 is 0 Å². The van der Waals surface area contributed by atoms with Gasteiger partial charge in [0.2, 0.25) is 5.95 Å². The molecular formula is C20H19F5N4O2. The molecule has 1 amide bonds. The third-order valence-corrected chi connectivity index (χ3v) is 4.81. The normalized spacial score (nSPS) is 17.6. The number of benzene rings is 1. The Bertz CT molecular complexity index is 996. The van der Waals surface area contributed by atoms with Gasteiger partial charge >= 0.3 is 12.3 Å². The van der Waals surface area contributed by atoms with E-state index in [-0.39, 0.29) is 29.9 Å². The highest BCUT2D eigenvalue weighted by molar-refractivity contribution is 5.89. The van der Waals surface area contributed by atoms with Crippen LogP contribution in [-0.2, 0) is 10.9 Å². The SMILES string of the molecule is C=C[C@H](Nc1ncc(F)c(N2C(=O)OC[C@@H]2C(C)C)n1)c1ccc(C(F)(F)F)cc1F. The van der Waals surface area contributed by atoms with Crippen molar-refractivity contribution >= 4 is 17.9 Å². The molecule has 3 rings (SSSR count). The maximum atomic E-state index is 14.4. The van der Waals surface area contributed by atoms with E-state index in [0.29, 0.717) is 6.07 Å². The molecule has 2 heterocycles. The average molecular weight is 442 g/mol. The van der Waals surface area contributed by atoms with Gasteiger partial charge in [-0.05, 0) is 18.1 Å². The highest BCUT2D eigenvalue weighted by atomic mass is 19.4. The van der Waals surface area contributed by atoms with Gasteiger partial charge in [0.05, 0.1) is 23.8 Å². The van der Waals surface area contributed by atoms with Crippen molar-refractivity contribution in [1.82, 2.24) is 9.97 Å². The fourth-order valence-corrected chi connectivity index (χ4v) is 3.13. The fraction of sp³-hybridized carbons (Fsp3) is 0.350. The van der Waals surface area contributed by atoms with Crippen molar-refractivity contribution in [2.24, 2.45) is 5.92 Å².